The first-order valence-corrected chi connectivity index (χ1v) is 9.20. The van der Waals surface area contributed by atoms with Crippen molar-refractivity contribution in [2.24, 2.45) is 0 Å². The van der Waals surface area contributed by atoms with Gasteiger partial charge in [-0.15, -0.1) is 0 Å². The van der Waals surface area contributed by atoms with E-state index in [4.69, 9.17) is 14.2 Å². The molecule has 0 aliphatic heterocycles. The predicted octanol–water partition coefficient (Wildman–Crippen LogP) is 2.54. The van der Waals surface area contributed by atoms with E-state index in [1.807, 2.05) is 13.8 Å². The summed E-state index contributed by atoms with van der Waals surface area (Å²) in [5.41, 5.74) is -0.581. The van der Waals surface area contributed by atoms with Crippen molar-refractivity contribution >= 4 is 15.5 Å². The highest BCUT2D eigenvalue weighted by Gasteiger charge is 2.34. The Hall–Kier alpha value is -0.653. The van der Waals surface area contributed by atoms with Crippen LogP contribution in [0.25, 0.3) is 0 Å². The van der Waals surface area contributed by atoms with Crippen LogP contribution < -0.4 is 0 Å². The van der Waals surface area contributed by atoms with Crippen LogP contribution in [0.2, 0.25) is 0 Å². The van der Waals surface area contributed by atoms with Gasteiger partial charge in [0.05, 0.1) is 5.73 Å². The summed E-state index contributed by atoms with van der Waals surface area (Å²) in [4.78, 5) is 11.5. The molecule has 1 atom stereocenters. The van der Waals surface area contributed by atoms with Crippen LogP contribution in [0.4, 0.5) is 0 Å². The Kier molecular flexibility index (Phi) is 10.7. The molecule has 0 aromatic carbocycles. The minimum atomic E-state index is -0.897. The van der Waals surface area contributed by atoms with E-state index in [1.165, 1.54) is 6.08 Å². The van der Waals surface area contributed by atoms with Gasteiger partial charge in [-0.1, -0.05) is 33.3 Å². The molecular weight excluding hydrogens is 272 g/mol. The van der Waals surface area contributed by atoms with E-state index in [0.29, 0.717) is 13.2 Å². The molecule has 118 valence electrons. The molecule has 5 heteroatoms. The fourth-order valence-electron chi connectivity index (χ4n) is 2.23. The maximum atomic E-state index is 11.5. The molecule has 0 amide bonds. The summed E-state index contributed by atoms with van der Waals surface area (Å²) >= 11 is 0. The first-order valence-electron chi connectivity index (χ1n) is 7.68. The number of rotatable bonds is 12. The highest BCUT2D eigenvalue weighted by molar-refractivity contribution is 6.41. The third kappa shape index (κ3) is 7.22. The van der Waals surface area contributed by atoms with Gasteiger partial charge in [-0.3, -0.25) is 0 Å². The molecule has 0 aromatic heterocycles. The standard InChI is InChI=1S/C15H30O4Si/c1-6-11-12-14(19-13(16)7-2)20-15(8-3,17-9-4)18-10-5/h7,14H,2,6,8-12,20H2,1,3-5H3. The second-order valence-corrected chi connectivity index (χ2v) is 7.14. The number of unbranched alkanes of at least 4 members (excludes halogenated alkanes) is 1. The van der Waals surface area contributed by atoms with Crippen molar-refractivity contribution in [3.05, 3.63) is 12.7 Å². The third-order valence-corrected chi connectivity index (χ3v) is 5.78. The molecule has 0 bridgehead atoms. The second kappa shape index (κ2) is 11.1. The van der Waals surface area contributed by atoms with Gasteiger partial charge in [0.1, 0.15) is 14.9 Å². The Morgan fingerprint density at radius 3 is 2.25 bits per heavy atom. The molecule has 0 saturated carbocycles. The molecule has 4 nitrogen and oxygen atoms in total. The van der Waals surface area contributed by atoms with E-state index < -0.39 is 14.9 Å². The summed E-state index contributed by atoms with van der Waals surface area (Å²) in [7, 11) is -0.897. The Morgan fingerprint density at radius 2 is 1.85 bits per heavy atom. The smallest absolute Gasteiger partial charge is 0.330 e. The van der Waals surface area contributed by atoms with Gasteiger partial charge in [-0.2, -0.15) is 0 Å². The fraction of sp³-hybridized carbons (Fsp3) is 0.800. The minimum absolute atomic E-state index is 0.0569. The quantitative estimate of drug-likeness (QED) is 0.240. The fourth-order valence-corrected chi connectivity index (χ4v) is 4.59. The molecule has 0 aromatic rings. The molecule has 1 unspecified atom stereocenters. The largest absolute Gasteiger partial charge is 0.464 e. The molecule has 0 radical (unpaired) electrons. The van der Waals surface area contributed by atoms with Crippen LogP contribution in [-0.4, -0.2) is 39.8 Å². The summed E-state index contributed by atoms with van der Waals surface area (Å²) in [6.45, 7) is 12.8. The van der Waals surface area contributed by atoms with Crippen molar-refractivity contribution in [2.45, 2.75) is 64.5 Å². The Labute approximate surface area is 125 Å². The SMILES string of the molecule is C=CC(=O)OC(CCCC)[SiH2]C(CC)(OCC)OCC. The van der Waals surface area contributed by atoms with Crippen LogP contribution in [0, 0.1) is 0 Å². The van der Waals surface area contributed by atoms with Crippen molar-refractivity contribution in [3.8, 4) is 0 Å². The van der Waals surface area contributed by atoms with Gasteiger partial charge >= 0.3 is 5.97 Å². The second-order valence-electron chi connectivity index (χ2n) is 4.74. The maximum absolute atomic E-state index is 11.5. The number of carbonyl (C=O) groups excluding carboxylic acids is 1. The first kappa shape index (κ1) is 19.3. The summed E-state index contributed by atoms with van der Waals surface area (Å²) < 4.78 is 17.2. The molecule has 0 N–H and O–H groups in total. The third-order valence-electron chi connectivity index (χ3n) is 3.22. The molecule has 0 aliphatic carbocycles. The van der Waals surface area contributed by atoms with Crippen LogP contribution in [0.15, 0.2) is 12.7 Å². The lowest BCUT2D eigenvalue weighted by molar-refractivity contribution is -0.180. The molecule has 20 heavy (non-hydrogen) atoms. The van der Waals surface area contributed by atoms with E-state index >= 15 is 0 Å². The van der Waals surface area contributed by atoms with Crippen LogP contribution in [0.1, 0.15) is 53.4 Å². The molecule has 0 saturated heterocycles. The van der Waals surface area contributed by atoms with Gasteiger partial charge in [0, 0.05) is 19.3 Å². The molecular formula is C15H30O4Si. The van der Waals surface area contributed by atoms with Gasteiger partial charge in [0.2, 0.25) is 0 Å². The van der Waals surface area contributed by atoms with Gasteiger partial charge < -0.3 is 14.2 Å². The number of hydrogen-bond acceptors (Lipinski definition) is 4. The van der Waals surface area contributed by atoms with Crippen molar-refractivity contribution in [3.63, 3.8) is 0 Å². The number of esters is 1. The number of carbonyl (C=O) groups is 1. The Bertz CT molecular complexity index is 275. The van der Waals surface area contributed by atoms with Crippen molar-refractivity contribution in [1.82, 2.24) is 0 Å². The number of ether oxygens (including phenoxy) is 3. The Balaban J connectivity index is 4.83. The number of hydrogen-bond donors (Lipinski definition) is 0. The Morgan fingerprint density at radius 1 is 1.25 bits per heavy atom. The van der Waals surface area contributed by atoms with Crippen molar-refractivity contribution < 1.29 is 19.0 Å². The van der Waals surface area contributed by atoms with Gasteiger partial charge in [0.25, 0.3) is 0 Å². The summed E-state index contributed by atoms with van der Waals surface area (Å²) in [5.74, 6) is -0.350. The van der Waals surface area contributed by atoms with Crippen LogP contribution in [0.3, 0.4) is 0 Å². The lowest BCUT2D eigenvalue weighted by Crippen LogP contribution is -2.48. The summed E-state index contributed by atoms with van der Waals surface area (Å²) in [5, 5.41) is 0. The first-order chi connectivity index (χ1) is 9.57. The van der Waals surface area contributed by atoms with Gasteiger partial charge in [-0.25, -0.2) is 4.79 Å². The van der Waals surface area contributed by atoms with E-state index in [-0.39, 0.29) is 11.7 Å². The zero-order valence-corrected chi connectivity index (χ0v) is 14.9. The summed E-state index contributed by atoms with van der Waals surface area (Å²) in [6, 6.07) is 0. The van der Waals surface area contributed by atoms with Crippen molar-refractivity contribution in [1.29, 1.82) is 0 Å². The lowest BCUT2D eigenvalue weighted by Gasteiger charge is -2.35. The van der Waals surface area contributed by atoms with Crippen LogP contribution in [-0.2, 0) is 19.0 Å². The zero-order valence-electron chi connectivity index (χ0n) is 13.4. The van der Waals surface area contributed by atoms with E-state index in [9.17, 15) is 4.79 Å². The van der Waals surface area contributed by atoms with Crippen molar-refractivity contribution in [2.75, 3.05) is 13.2 Å². The average Bonchev–Trinajstić information content (AvgIpc) is 2.44. The maximum Gasteiger partial charge on any atom is 0.330 e. The monoisotopic (exact) mass is 302 g/mol. The zero-order chi connectivity index (χ0) is 15.4. The average molecular weight is 302 g/mol. The topological polar surface area (TPSA) is 44.8 Å². The molecule has 0 aliphatic rings. The van der Waals surface area contributed by atoms with E-state index in [2.05, 4.69) is 20.4 Å². The molecule has 0 rings (SSSR count). The minimum Gasteiger partial charge on any atom is -0.464 e. The molecule has 0 fully saturated rings. The normalized spacial score (nSPS) is 13.6. The van der Waals surface area contributed by atoms with E-state index in [0.717, 1.165) is 25.7 Å². The summed E-state index contributed by atoms with van der Waals surface area (Å²) in [6.07, 6.45) is 5.01. The lowest BCUT2D eigenvalue weighted by atomic mass is 10.3. The van der Waals surface area contributed by atoms with Crippen LogP contribution in [0.5, 0.6) is 0 Å². The molecule has 0 spiro atoms. The van der Waals surface area contributed by atoms with Crippen LogP contribution >= 0.6 is 0 Å². The van der Waals surface area contributed by atoms with E-state index in [1.54, 1.807) is 0 Å². The predicted molar refractivity (Wildman–Crippen MR) is 84.4 cm³/mol. The van der Waals surface area contributed by atoms with Gasteiger partial charge in [0.15, 0.2) is 0 Å². The highest BCUT2D eigenvalue weighted by atomic mass is 28.2. The highest BCUT2D eigenvalue weighted by Crippen LogP contribution is 2.21. The molecule has 0 heterocycles. The van der Waals surface area contributed by atoms with Gasteiger partial charge in [-0.05, 0) is 26.7 Å².